The molecule has 5 nitrogen and oxygen atoms in total. The van der Waals surface area contributed by atoms with Gasteiger partial charge in [0.1, 0.15) is 5.82 Å². The van der Waals surface area contributed by atoms with E-state index in [2.05, 4.69) is 31.3 Å². The quantitative estimate of drug-likeness (QED) is 0.676. The standard InChI is InChI=1S/C17H14BrFN4OS/c1-23-17(21-16(18)22-23)25-14-5-3-2-4-13(14)20-15(24)10-11-6-8-12(19)9-7-11/h2-9H,10H2,1H3,(H,20,24). The van der Waals surface area contributed by atoms with Crippen molar-refractivity contribution in [3.05, 3.63) is 64.6 Å². The van der Waals surface area contributed by atoms with Crippen LogP contribution in [0.25, 0.3) is 0 Å². The first-order valence-corrected chi connectivity index (χ1v) is 9.00. The van der Waals surface area contributed by atoms with Crippen LogP contribution >= 0.6 is 27.7 Å². The lowest BCUT2D eigenvalue weighted by molar-refractivity contribution is -0.115. The summed E-state index contributed by atoms with van der Waals surface area (Å²) in [5.41, 5.74) is 1.44. The van der Waals surface area contributed by atoms with Crippen molar-refractivity contribution >= 4 is 39.3 Å². The predicted molar refractivity (Wildman–Crippen MR) is 98.0 cm³/mol. The molecule has 0 radical (unpaired) electrons. The smallest absolute Gasteiger partial charge is 0.228 e. The summed E-state index contributed by atoms with van der Waals surface area (Å²) < 4.78 is 15.1. The third kappa shape index (κ3) is 4.67. The van der Waals surface area contributed by atoms with Gasteiger partial charge in [0.15, 0.2) is 5.16 Å². The van der Waals surface area contributed by atoms with Gasteiger partial charge < -0.3 is 5.32 Å². The van der Waals surface area contributed by atoms with Gasteiger partial charge in [-0.05, 0) is 57.5 Å². The fourth-order valence-corrected chi connectivity index (χ4v) is 3.57. The number of carbonyl (C=O) groups is 1. The van der Waals surface area contributed by atoms with Gasteiger partial charge in [-0.2, -0.15) is 4.98 Å². The number of hydrogen-bond acceptors (Lipinski definition) is 4. The summed E-state index contributed by atoms with van der Waals surface area (Å²) in [4.78, 5) is 17.4. The van der Waals surface area contributed by atoms with Crippen LogP contribution in [0.4, 0.5) is 10.1 Å². The summed E-state index contributed by atoms with van der Waals surface area (Å²) in [6.45, 7) is 0. The lowest BCUT2D eigenvalue weighted by Crippen LogP contribution is -2.15. The molecule has 0 aliphatic carbocycles. The SMILES string of the molecule is Cn1nc(Br)nc1Sc1ccccc1NC(=O)Cc1ccc(F)cc1. The number of para-hydroxylation sites is 1. The number of carbonyl (C=O) groups excluding carboxylic acids is 1. The molecule has 1 amide bonds. The molecule has 0 unspecified atom stereocenters. The Morgan fingerprint density at radius 1 is 1.24 bits per heavy atom. The van der Waals surface area contributed by atoms with Gasteiger partial charge >= 0.3 is 0 Å². The first-order valence-electron chi connectivity index (χ1n) is 7.39. The number of benzene rings is 2. The normalized spacial score (nSPS) is 10.7. The monoisotopic (exact) mass is 420 g/mol. The fraction of sp³-hybridized carbons (Fsp3) is 0.118. The van der Waals surface area contributed by atoms with E-state index in [-0.39, 0.29) is 18.1 Å². The van der Waals surface area contributed by atoms with E-state index < -0.39 is 0 Å². The number of hydrogen-bond donors (Lipinski definition) is 1. The van der Waals surface area contributed by atoms with Crippen molar-refractivity contribution in [1.29, 1.82) is 0 Å². The van der Waals surface area contributed by atoms with Gasteiger partial charge in [-0.1, -0.05) is 24.3 Å². The molecule has 1 aromatic heterocycles. The van der Waals surface area contributed by atoms with Crippen LogP contribution in [-0.4, -0.2) is 20.7 Å². The van der Waals surface area contributed by atoms with Crippen LogP contribution in [0.3, 0.4) is 0 Å². The molecule has 0 aliphatic heterocycles. The summed E-state index contributed by atoms with van der Waals surface area (Å²) in [6.07, 6.45) is 0.175. The minimum atomic E-state index is -0.319. The molecule has 128 valence electrons. The van der Waals surface area contributed by atoms with E-state index in [1.54, 1.807) is 23.9 Å². The third-order valence-corrected chi connectivity index (χ3v) is 4.79. The number of nitrogens with one attached hydrogen (secondary N) is 1. The van der Waals surface area contributed by atoms with E-state index in [0.29, 0.717) is 15.6 Å². The molecule has 0 saturated heterocycles. The maximum absolute atomic E-state index is 12.9. The van der Waals surface area contributed by atoms with Crippen LogP contribution in [0.1, 0.15) is 5.56 Å². The topological polar surface area (TPSA) is 59.8 Å². The van der Waals surface area contributed by atoms with Crippen LogP contribution in [0.5, 0.6) is 0 Å². The largest absolute Gasteiger partial charge is 0.325 e. The molecular weight excluding hydrogens is 407 g/mol. The number of rotatable bonds is 5. The van der Waals surface area contributed by atoms with Crippen molar-refractivity contribution in [3.8, 4) is 0 Å². The second-order valence-corrected chi connectivity index (χ2v) is 6.96. The molecule has 0 saturated carbocycles. The van der Waals surface area contributed by atoms with Crippen molar-refractivity contribution in [3.63, 3.8) is 0 Å². The van der Waals surface area contributed by atoms with Crippen LogP contribution in [-0.2, 0) is 18.3 Å². The Bertz CT molecular complexity index is 898. The highest BCUT2D eigenvalue weighted by Gasteiger charge is 2.12. The zero-order chi connectivity index (χ0) is 17.8. The van der Waals surface area contributed by atoms with Gasteiger partial charge in [0.2, 0.25) is 10.6 Å². The Morgan fingerprint density at radius 2 is 1.96 bits per heavy atom. The minimum absolute atomic E-state index is 0.168. The third-order valence-electron chi connectivity index (χ3n) is 3.34. The predicted octanol–water partition coefficient (Wildman–Crippen LogP) is 4.05. The Balaban J connectivity index is 1.73. The molecule has 3 aromatic rings. The molecular formula is C17H14BrFN4OS. The van der Waals surface area contributed by atoms with Crippen LogP contribution in [0.2, 0.25) is 0 Å². The number of halogens is 2. The van der Waals surface area contributed by atoms with E-state index in [4.69, 9.17) is 0 Å². The Hall–Kier alpha value is -2.19. The highest BCUT2D eigenvalue weighted by atomic mass is 79.9. The molecule has 2 aromatic carbocycles. The second kappa shape index (κ2) is 7.79. The fourth-order valence-electron chi connectivity index (χ4n) is 2.17. The maximum Gasteiger partial charge on any atom is 0.228 e. The lowest BCUT2D eigenvalue weighted by Gasteiger charge is -2.10. The summed E-state index contributed by atoms with van der Waals surface area (Å²) in [6, 6.07) is 13.4. The van der Waals surface area contributed by atoms with Crippen molar-refractivity contribution < 1.29 is 9.18 Å². The first kappa shape index (κ1) is 17.6. The van der Waals surface area contributed by atoms with Crippen LogP contribution in [0.15, 0.2) is 63.3 Å². The van der Waals surface area contributed by atoms with E-state index in [0.717, 1.165) is 10.5 Å². The van der Waals surface area contributed by atoms with Gasteiger partial charge in [0.05, 0.1) is 12.1 Å². The molecule has 0 fully saturated rings. The summed E-state index contributed by atoms with van der Waals surface area (Å²) in [5.74, 6) is -0.487. The van der Waals surface area contributed by atoms with Crippen molar-refractivity contribution in [2.75, 3.05) is 5.32 Å². The lowest BCUT2D eigenvalue weighted by atomic mass is 10.1. The second-order valence-electron chi connectivity index (χ2n) is 5.24. The van der Waals surface area contributed by atoms with E-state index in [1.807, 2.05) is 24.3 Å². The average molecular weight is 421 g/mol. The Morgan fingerprint density at radius 3 is 2.64 bits per heavy atom. The van der Waals surface area contributed by atoms with Crippen molar-refractivity contribution in [1.82, 2.24) is 14.8 Å². The molecule has 0 aliphatic rings. The van der Waals surface area contributed by atoms with E-state index in [9.17, 15) is 9.18 Å². The summed E-state index contributed by atoms with van der Waals surface area (Å²) >= 11 is 4.65. The van der Waals surface area contributed by atoms with Crippen molar-refractivity contribution in [2.24, 2.45) is 7.05 Å². The van der Waals surface area contributed by atoms with Gasteiger partial charge in [0.25, 0.3) is 0 Å². The molecule has 0 bridgehead atoms. The summed E-state index contributed by atoms with van der Waals surface area (Å²) in [7, 11) is 1.80. The molecule has 0 atom stereocenters. The molecule has 25 heavy (non-hydrogen) atoms. The first-order chi connectivity index (χ1) is 12.0. The van der Waals surface area contributed by atoms with Crippen LogP contribution in [0, 0.1) is 5.82 Å². The minimum Gasteiger partial charge on any atom is -0.325 e. The molecule has 3 rings (SSSR count). The summed E-state index contributed by atoms with van der Waals surface area (Å²) in [5, 5.41) is 7.74. The van der Waals surface area contributed by atoms with Gasteiger partial charge in [-0.3, -0.25) is 4.79 Å². The van der Waals surface area contributed by atoms with Gasteiger partial charge in [-0.25, -0.2) is 9.07 Å². The highest BCUT2D eigenvalue weighted by Crippen LogP contribution is 2.32. The number of amides is 1. The zero-order valence-electron chi connectivity index (χ0n) is 13.2. The Labute approximate surface area is 156 Å². The number of anilines is 1. The molecule has 0 spiro atoms. The van der Waals surface area contributed by atoms with Gasteiger partial charge in [-0.15, -0.1) is 5.10 Å². The van der Waals surface area contributed by atoms with Crippen LogP contribution < -0.4 is 5.32 Å². The number of nitrogens with zero attached hydrogens (tertiary/aromatic N) is 3. The van der Waals surface area contributed by atoms with Gasteiger partial charge in [0, 0.05) is 11.9 Å². The maximum atomic E-state index is 12.9. The molecule has 1 heterocycles. The highest BCUT2D eigenvalue weighted by molar-refractivity contribution is 9.10. The van der Waals surface area contributed by atoms with E-state index >= 15 is 0 Å². The Kier molecular flexibility index (Phi) is 5.50. The zero-order valence-corrected chi connectivity index (χ0v) is 15.6. The number of aryl methyl sites for hydroxylation is 1. The average Bonchev–Trinajstić information content (AvgIpc) is 2.89. The van der Waals surface area contributed by atoms with Crippen molar-refractivity contribution in [2.45, 2.75) is 16.5 Å². The molecule has 8 heteroatoms. The number of aromatic nitrogens is 3. The molecule has 1 N–H and O–H groups in total. The van der Waals surface area contributed by atoms with E-state index in [1.165, 1.54) is 23.9 Å².